The molecule has 7 nitrogen and oxygen atoms in total. The minimum absolute atomic E-state index is 0.00874. The minimum atomic E-state index is -1.22. The van der Waals surface area contributed by atoms with E-state index in [9.17, 15) is 19.5 Å². The third kappa shape index (κ3) is 2.74. The highest BCUT2D eigenvalue weighted by Gasteiger charge is 2.74. The molecule has 4 aliphatic carbocycles. The number of ether oxygens (including phenoxy) is 3. The molecule has 0 aromatic rings. The van der Waals surface area contributed by atoms with Gasteiger partial charge in [0.1, 0.15) is 6.79 Å². The van der Waals surface area contributed by atoms with E-state index in [0.29, 0.717) is 12.8 Å². The lowest BCUT2D eigenvalue weighted by Crippen LogP contribution is -2.63. The lowest BCUT2D eigenvalue weighted by molar-refractivity contribution is -0.187. The number of hydrogen-bond donors (Lipinski definition) is 1. The number of rotatable bonds is 4. The van der Waals surface area contributed by atoms with Gasteiger partial charge in [-0.2, -0.15) is 0 Å². The van der Waals surface area contributed by atoms with E-state index in [4.69, 9.17) is 14.2 Å². The fourth-order valence-electron chi connectivity index (χ4n) is 7.88. The molecule has 1 saturated heterocycles. The summed E-state index contributed by atoms with van der Waals surface area (Å²) in [5, 5.41) is 11.5. The Morgan fingerprint density at radius 3 is 2.84 bits per heavy atom. The Hall–Kier alpha value is -1.83. The number of aliphatic hydroxyl groups excluding tert-OH is 1. The zero-order chi connectivity index (χ0) is 22.9. The number of hydrogen-bond acceptors (Lipinski definition) is 7. The van der Waals surface area contributed by atoms with Crippen LogP contribution >= 0.6 is 0 Å². The van der Waals surface area contributed by atoms with E-state index >= 15 is 0 Å². The number of ketones is 2. The van der Waals surface area contributed by atoms with Crippen molar-refractivity contribution in [2.45, 2.75) is 70.7 Å². The highest BCUT2D eigenvalue weighted by Crippen LogP contribution is 2.69. The topological polar surface area (TPSA) is 99.1 Å². The Morgan fingerprint density at radius 1 is 1.31 bits per heavy atom. The number of esters is 1. The summed E-state index contributed by atoms with van der Waals surface area (Å²) < 4.78 is 17.2. The van der Waals surface area contributed by atoms with Crippen LogP contribution in [0.25, 0.3) is 0 Å². The van der Waals surface area contributed by atoms with E-state index in [2.05, 4.69) is 6.92 Å². The normalized spacial score (nSPS) is 46.6. The molecule has 8 atom stereocenters. The number of aliphatic hydroxyl groups is 1. The number of allylic oxidation sites excluding steroid dienone is 4. The highest BCUT2D eigenvalue weighted by molar-refractivity contribution is 6.01. The van der Waals surface area contributed by atoms with Crippen LogP contribution in [-0.4, -0.2) is 53.9 Å². The van der Waals surface area contributed by atoms with Crippen LogP contribution in [0, 0.1) is 28.6 Å². The van der Waals surface area contributed by atoms with Crippen molar-refractivity contribution in [3.8, 4) is 0 Å². The van der Waals surface area contributed by atoms with Crippen LogP contribution in [0.5, 0.6) is 0 Å². The van der Waals surface area contributed by atoms with Gasteiger partial charge in [0.2, 0.25) is 5.78 Å². The number of fused-ring (bicyclic) bond motifs is 7. The molecule has 3 saturated carbocycles. The molecule has 174 valence electrons. The van der Waals surface area contributed by atoms with E-state index < -0.39 is 29.2 Å². The Labute approximate surface area is 188 Å². The smallest absolute Gasteiger partial charge is 0.305 e. The van der Waals surface area contributed by atoms with Gasteiger partial charge in [-0.1, -0.05) is 32.4 Å². The van der Waals surface area contributed by atoms with Gasteiger partial charge in [0.15, 0.2) is 18.0 Å². The van der Waals surface area contributed by atoms with Gasteiger partial charge in [0, 0.05) is 23.2 Å². The van der Waals surface area contributed by atoms with Gasteiger partial charge in [0.05, 0.1) is 12.2 Å². The molecular formula is C25H32O7. The molecule has 0 unspecified atom stereocenters. The molecule has 0 spiro atoms. The lowest BCUT2D eigenvalue weighted by Gasteiger charge is -2.59. The molecule has 1 aliphatic heterocycles. The summed E-state index contributed by atoms with van der Waals surface area (Å²) in [6.07, 6.45) is 7.19. The summed E-state index contributed by atoms with van der Waals surface area (Å²) >= 11 is 0. The second-order valence-corrected chi connectivity index (χ2v) is 10.5. The molecule has 0 aromatic heterocycles. The van der Waals surface area contributed by atoms with Crippen molar-refractivity contribution in [3.05, 3.63) is 23.8 Å². The van der Waals surface area contributed by atoms with E-state index in [-0.39, 0.29) is 54.6 Å². The summed E-state index contributed by atoms with van der Waals surface area (Å²) in [5.41, 5.74) is -1.12. The van der Waals surface area contributed by atoms with Crippen molar-refractivity contribution in [2.24, 2.45) is 28.6 Å². The fraction of sp³-hybridized carbons (Fsp3) is 0.720. The van der Waals surface area contributed by atoms with Gasteiger partial charge in [-0.05, 0) is 49.7 Å². The van der Waals surface area contributed by atoms with Gasteiger partial charge in [-0.25, -0.2) is 0 Å². The maximum atomic E-state index is 13.5. The molecule has 1 heterocycles. The van der Waals surface area contributed by atoms with E-state index in [1.165, 1.54) is 0 Å². The third-order valence-electron chi connectivity index (χ3n) is 9.28. The summed E-state index contributed by atoms with van der Waals surface area (Å²) in [4.78, 5) is 37.2. The average molecular weight is 445 g/mol. The molecule has 7 heteroatoms. The van der Waals surface area contributed by atoms with Crippen molar-refractivity contribution in [1.82, 2.24) is 0 Å². The first-order valence-electron chi connectivity index (χ1n) is 11.7. The minimum Gasteiger partial charge on any atom is -0.458 e. The number of Topliss-reactive ketones (excluding diaryl/α,β-unsaturated/α-hetero) is 1. The first kappa shape index (κ1) is 22.0. The van der Waals surface area contributed by atoms with E-state index in [0.717, 1.165) is 18.4 Å². The Balaban J connectivity index is 1.50. The molecule has 4 fully saturated rings. The Bertz CT molecular complexity index is 921. The summed E-state index contributed by atoms with van der Waals surface area (Å²) in [7, 11) is 0. The van der Waals surface area contributed by atoms with Crippen LogP contribution in [0.1, 0.15) is 52.9 Å². The average Bonchev–Trinajstić information content (AvgIpc) is 3.29. The van der Waals surface area contributed by atoms with Crippen LogP contribution < -0.4 is 0 Å². The lowest BCUT2D eigenvalue weighted by atomic mass is 9.46. The predicted octanol–water partition coefficient (Wildman–Crippen LogP) is 2.51. The van der Waals surface area contributed by atoms with E-state index in [1.54, 1.807) is 19.1 Å². The standard InChI is InChI=1S/C25H32O7/c1-4-21(29)30-12-19(28)25-20(31-13-32-25)10-17-16-6-5-14-9-15(26)7-8-23(14,2)22(16)18(27)11-24(17,25)3/h7-9,16-18,20,22,27H,4-6,10-13H2,1-3H3/t16-,17-,18-,20+,22+,23-,24-,25+/m0/s1. The van der Waals surface area contributed by atoms with Gasteiger partial charge in [-0.3, -0.25) is 14.4 Å². The zero-order valence-electron chi connectivity index (χ0n) is 19.0. The highest BCUT2D eigenvalue weighted by atomic mass is 16.7. The fourth-order valence-corrected chi connectivity index (χ4v) is 7.88. The molecule has 1 N–H and O–H groups in total. The van der Waals surface area contributed by atoms with Gasteiger partial charge >= 0.3 is 5.97 Å². The molecule has 0 aromatic carbocycles. The van der Waals surface area contributed by atoms with Crippen molar-refractivity contribution in [1.29, 1.82) is 0 Å². The number of carbonyl (C=O) groups excluding carboxylic acids is 3. The predicted molar refractivity (Wildman–Crippen MR) is 113 cm³/mol. The number of carbonyl (C=O) groups is 3. The van der Waals surface area contributed by atoms with Gasteiger partial charge in [0.25, 0.3) is 0 Å². The van der Waals surface area contributed by atoms with Gasteiger partial charge < -0.3 is 19.3 Å². The van der Waals surface area contributed by atoms with Crippen molar-refractivity contribution >= 4 is 17.5 Å². The van der Waals surface area contributed by atoms with Crippen molar-refractivity contribution in [2.75, 3.05) is 13.4 Å². The summed E-state index contributed by atoms with van der Waals surface area (Å²) in [6, 6.07) is 0. The second kappa shape index (κ2) is 7.34. The maximum Gasteiger partial charge on any atom is 0.305 e. The first-order valence-corrected chi connectivity index (χ1v) is 11.7. The largest absolute Gasteiger partial charge is 0.458 e. The maximum absolute atomic E-state index is 13.5. The molecule has 32 heavy (non-hydrogen) atoms. The van der Waals surface area contributed by atoms with Crippen LogP contribution in [0.4, 0.5) is 0 Å². The summed E-state index contributed by atoms with van der Waals surface area (Å²) in [5.74, 6) is -0.431. The Kier molecular flexibility index (Phi) is 5.04. The summed E-state index contributed by atoms with van der Waals surface area (Å²) in [6.45, 7) is 5.54. The second-order valence-electron chi connectivity index (χ2n) is 10.5. The van der Waals surface area contributed by atoms with Crippen molar-refractivity contribution in [3.63, 3.8) is 0 Å². The van der Waals surface area contributed by atoms with E-state index in [1.807, 2.05) is 13.0 Å². The molecule has 0 amide bonds. The monoisotopic (exact) mass is 444 g/mol. The quantitative estimate of drug-likeness (QED) is 0.665. The zero-order valence-corrected chi connectivity index (χ0v) is 19.0. The van der Waals surface area contributed by atoms with Crippen molar-refractivity contribution < 1.29 is 33.7 Å². The van der Waals surface area contributed by atoms with Crippen LogP contribution in [0.15, 0.2) is 23.8 Å². The molecule has 5 rings (SSSR count). The third-order valence-corrected chi connectivity index (χ3v) is 9.28. The van der Waals surface area contributed by atoms with Crippen LogP contribution in [-0.2, 0) is 28.6 Å². The Morgan fingerprint density at radius 2 is 2.09 bits per heavy atom. The van der Waals surface area contributed by atoms with Gasteiger partial charge in [-0.15, -0.1) is 0 Å². The van der Waals surface area contributed by atoms with Crippen LogP contribution in [0.2, 0.25) is 0 Å². The SMILES string of the molecule is CCC(=O)OCC(=O)[C@@]12OCO[C@@H]1C[C@H]1[C@@H]3CCC4=CC(=O)C=C[C@]4(C)[C@H]3[C@@H](O)C[C@@]12C. The first-order chi connectivity index (χ1) is 15.2. The molecule has 0 radical (unpaired) electrons. The molecular weight excluding hydrogens is 412 g/mol. The van der Waals surface area contributed by atoms with Crippen LogP contribution in [0.3, 0.4) is 0 Å². The molecule has 5 aliphatic rings. The molecule has 0 bridgehead atoms.